The Hall–Kier alpha value is -6.92. The zero-order valence-corrected chi connectivity index (χ0v) is 49.7. The number of nitrogens with one attached hydrogen (secondary N) is 3. The molecule has 4 aromatic heterocycles. The SMILES string of the molecule is Cc1[nH]nc(Nc2ncnc3cc(OCCCN4CCN(C(=O)c5cnc(N6CCN(CC7CNC(C)CN7CC(=O)N7CC(C)(C)c8c7cc(Cc7ccc(F)cc7)c(=O)n8C)C(C)C6)nc5)CC4)c(S(=O)(=O)C(C)(C)C)cc23)c1C. The summed E-state index contributed by atoms with van der Waals surface area (Å²) < 4.78 is 48.6. The van der Waals surface area contributed by atoms with Crippen molar-refractivity contribution >= 4 is 55.8 Å². The zero-order chi connectivity index (χ0) is 58.4. The number of H-pyrrole nitrogens is 1. The minimum atomic E-state index is -3.84. The third-order valence-corrected chi connectivity index (χ3v) is 19.3. The Bertz CT molecular complexity index is 3510. The molecule has 0 aliphatic carbocycles. The Balaban J connectivity index is 0.701. The summed E-state index contributed by atoms with van der Waals surface area (Å²) in [4.78, 5) is 73.2. The number of piperazine rings is 3. The van der Waals surface area contributed by atoms with Crippen LogP contribution in [0.4, 0.5) is 27.7 Å². The molecule has 0 radical (unpaired) electrons. The molecule has 2 aromatic carbocycles. The van der Waals surface area contributed by atoms with E-state index in [1.807, 2.05) is 29.7 Å². The van der Waals surface area contributed by atoms with Crippen molar-refractivity contribution in [2.45, 2.75) is 108 Å². The van der Waals surface area contributed by atoms with Gasteiger partial charge >= 0.3 is 0 Å². The van der Waals surface area contributed by atoms with E-state index in [0.717, 1.165) is 54.4 Å². The maximum atomic E-state index is 14.5. The van der Waals surface area contributed by atoms with Gasteiger partial charge in [-0.05, 0) is 84.7 Å². The van der Waals surface area contributed by atoms with Crippen LogP contribution in [0.5, 0.6) is 5.75 Å². The van der Waals surface area contributed by atoms with E-state index in [2.05, 4.69) is 78.1 Å². The smallest absolute Gasteiger partial charge is 0.257 e. The zero-order valence-electron chi connectivity index (χ0n) is 48.9. The molecular formula is C59H78FN15O6S. The molecule has 21 nitrogen and oxygen atoms in total. The first-order valence-electron chi connectivity index (χ1n) is 28.5. The monoisotopic (exact) mass is 1140 g/mol. The number of aromatic nitrogens is 7. The highest BCUT2D eigenvalue weighted by molar-refractivity contribution is 7.92. The van der Waals surface area contributed by atoms with E-state index in [1.165, 1.54) is 18.5 Å². The molecule has 4 aliphatic rings. The summed E-state index contributed by atoms with van der Waals surface area (Å²) in [7, 11) is -2.06. The van der Waals surface area contributed by atoms with Crippen molar-refractivity contribution in [3.63, 3.8) is 0 Å². The number of rotatable bonds is 16. The number of amides is 2. The second-order valence-corrected chi connectivity index (χ2v) is 27.0. The minimum absolute atomic E-state index is 0.00139. The van der Waals surface area contributed by atoms with Crippen molar-refractivity contribution in [1.82, 2.24) is 59.6 Å². The molecule has 3 fully saturated rings. The average molecular weight is 1140 g/mol. The maximum absolute atomic E-state index is 14.5. The average Bonchev–Trinajstić information content (AvgIpc) is 3.87. The summed E-state index contributed by atoms with van der Waals surface area (Å²) >= 11 is 0. The normalized spacial score (nSPS) is 20.1. The summed E-state index contributed by atoms with van der Waals surface area (Å²) in [6.07, 6.45) is 5.66. The van der Waals surface area contributed by atoms with Crippen LogP contribution in [0.25, 0.3) is 10.9 Å². The number of benzene rings is 2. The number of ether oxygens (including phenoxy) is 1. The molecule has 438 valence electrons. The number of carbonyl (C=O) groups is 2. The summed E-state index contributed by atoms with van der Waals surface area (Å²) in [6.45, 7) is 25.9. The molecule has 3 atom stereocenters. The van der Waals surface area contributed by atoms with Crippen LogP contribution in [-0.4, -0.2) is 189 Å². The van der Waals surface area contributed by atoms with E-state index < -0.39 is 20.0 Å². The van der Waals surface area contributed by atoms with Crippen molar-refractivity contribution in [3.8, 4) is 5.75 Å². The third-order valence-electron chi connectivity index (χ3n) is 16.8. The van der Waals surface area contributed by atoms with Gasteiger partial charge < -0.3 is 34.6 Å². The van der Waals surface area contributed by atoms with E-state index >= 15 is 0 Å². The van der Waals surface area contributed by atoms with Crippen LogP contribution in [0, 0.1) is 19.7 Å². The van der Waals surface area contributed by atoms with Crippen molar-refractivity contribution in [2.75, 3.05) is 107 Å². The molecule has 8 heterocycles. The fourth-order valence-electron chi connectivity index (χ4n) is 11.9. The first-order valence-corrected chi connectivity index (χ1v) is 30.0. The standard InChI is InChI=1S/C59H78FN15O6S/c1-37-31-74(34-51(76)75-35-59(8,9)52-48(75)25-42(55(77)69(52)10)24-41-12-14-44(60)15-13-41)45(30-61-37)33-72-21-22-73(32-38(72)2)57-62-28-43(29-63-57)56(78)71-19-17-70(18-20-71)16-11-23-81-49-27-47-46(26-50(49)82(79,80)58(5,6)7)54(65-36-64-47)66-53-39(3)40(4)67-68-53/h12-15,25-29,36-38,45,61H,11,16-24,30-35H2,1-10H3,(H2,64,65,66,67,68). The first kappa shape index (κ1) is 58.3. The summed E-state index contributed by atoms with van der Waals surface area (Å²) in [5, 5.41) is 14.7. The summed E-state index contributed by atoms with van der Waals surface area (Å²) in [5.74, 6) is 1.41. The van der Waals surface area contributed by atoms with Crippen molar-refractivity contribution < 1.29 is 27.1 Å². The van der Waals surface area contributed by atoms with E-state index in [9.17, 15) is 27.2 Å². The van der Waals surface area contributed by atoms with Gasteiger partial charge in [0.25, 0.3) is 11.5 Å². The number of hydrogen-bond donors (Lipinski definition) is 3. The van der Waals surface area contributed by atoms with Crippen molar-refractivity contribution in [2.24, 2.45) is 7.05 Å². The molecule has 6 aromatic rings. The van der Waals surface area contributed by atoms with Crippen LogP contribution in [-0.2, 0) is 33.5 Å². The van der Waals surface area contributed by atoms with Gasteiger partial charge in [0.05, 0.1) is 40.4 Å². The highest BCUT2D eigenvalue weighted by atomic mass is 32.2. The number of anilines is 4. The van der Waals surface area contributed by atoms with Crippen molar-refractivity contribution in [1.29, 1.82) is 0 Å². The van der Waals surface area contributed by atoms with E-state index in [4.69, 9.17) is 14.7 Å². The number of aryl methyl sites for hydroxylation is 1. The molecular weight excluding hydrogens is 1070 g/mol. The molecule has 23 heteroatoms. The Kier molecular flexibility index (Phi) is 16.6. The maximum Gasteiger partial charge on any atom is 0.257 e. The topological polar surface area (TPSA) is 223 Å². The third kappa shape index (κ3) is 12.1. The predicted octanol–water partition coefficient (Wildman–Crippen LogP) is 5.23. The van der Waals surface area contributed by atoms with Gasteiger partial charge in [0, 0.05) is 156 Å². The van der Waals surface area contributed by atoms with Gasteiger partial charge in [-0.1, -0.05) is 26.0 Å². The summed E-state index contributed by atoms with van der Waals surface area (Å²) in [5.41, 5.74) is 5.25. The van der Waals surface area contributed by atoms with Crippen LogP contribution < -0.4 is 30.7 Å². The van der Waals surface area contributed by atoms with E-state index in [-0.39, 0.29) is 65.1 Å². The number of nitrogens with zero attached hydrogens (tertiary/aromatic N) is 12. The van der Waals surface area contributed by atoms with Crippen molar-refractivity contribution in [3.05, 3.63) is 111 Å². The lowest BCUT2D eigenvalue weighted by atomic mass is 9.90. The molecule has 0 saturated carbocycles. The van der Waals surface area contributed by atoms with Gasteiger partial charge in [-0.3, -0.25) is 34.2 Å². The second kappa shape index (κ2) is 23.4. The fourth-order valence-corrected chi connectivity index (χ4v) is 13.2. The molecule has 82 heavy (non-hydrogen) atoms. The number of aromatic amines is 1. The first-order chi connectivity index (χ1) is 38.9. The number of fused-ring (bicyclic) bond motifs is 2. The van der Waals surface area contributed by atoms with Crippen LogP contribution >= 0.6 is 0 Å². The largest absolute Gasteiger partial charge is 0.492 e. The van der Waals surface area contributed by atoms with Gasteiger partial charge in [-0.2, -0.15) is 5.10 Å². The molecule has 3 saturated heterocycles. The lowest BCUT2D eigenvalue weighted by molar-refractivity contribution is -0.120. The number of halogens is 1. The number of pyridine rings is 1. The van der Waals surface area contributed by atoms with Gasteiger partial charge in [-0.15, -0.1) is 0 Å². The molecule has 10 rings (SSSR count). The number of carbonyl (C=O) groups excluding carboxylic acids is 2. The molecule has 0 bridgehead atoms. The van der Waals surface area contributed by atoms with Crippen LogP contribution in [0.1, 0.15) is 93.3 Å². The van der Waals surface area contributed by atoms with Gasteiger partial charge in [0.2, 0.25) is 11.9 Å². The molecule has 4 aliphatic heterocycles. The van der Waals surface area contributed by atoms with Gasteiger partial charge in [0.1, 0.15) is 28.6 Å². The quantitative estimate of drug-likeness (QED) is 0.106. The lowest BCUT2D eigenvalue weighted by Gasteiger charge is -2.45. The molecule has 3 N–H and O–H groups in total. The molecule has 2 amide bonds. The Morgan fingerprint density at radius 2 is 1.65 bits per heavy atom. The minimum Gasteiger partial charge on any atom is -0.492 e. The second-order valence-electron chi connectivity index (χ2n) is 24.3. The number of hydrogen-bond acceptors (Lipinski definition) is 17. The van der Waals surface area contributed by atoms with Crippen LogP contribution in [0.15, 0.2) is 70.9 Å². The Morgan fingerprint density at radius 3 is 2.33 bits per heavy atom. The molecule has 3 unspecified atom stereocenters. The Morgan fingerprint density at radius 1 is 0.915 bits per heavy atom. The summed E-state index contributed by atoms with van der Waals surface area (Å²) in [6, 6.07) is 11.8. The van der Waals surface area contributed by atoms with Crippen LogP contribution in [0.3, 0.4) is 0 Å². The lowest BCUT2D eigenvalue weighted by Crippen LogP contribution is -2.63. The van der Waals surface area contributed by atoms with Crippen LogP contribution in [0.2, 0.25) is 0 Å². The predicted molar refractivity (Wildman–Crippen MR) is 315 cm³/mol. The highest BCUT2D eigenvalue weighted by Crippen LogP contribution is 2.41. The Labute approximate surface area is 479 Å². The van der Waals surface area contributed by atoms with Gasteiger partial charge in [0.15, 0.2) is 15.7 Å². The van der Waals surface area contributed by atoms with E-state index in [0.29, 0.717) is 105 Å². The highest BCUT2D eigenvalue weighted by Gasteiger charge is 2.43. The molecule has 0 spiro atoms. The fraction of sp³-hybridized carbons (Fsp3) is 0.525. The van der Waals surface area contributed by atoms with Gasteiger partial charge in [-0.25, -0.2) is 32.7 Å². The number of sulfone groups is 1. The van der Waals surface area contributed by atoms with E-state index in [1.54, 1.807) is 69.0 Å².